The lowest BCUT2D eigenvalue weighted by atomic mass is 10.2. The summed E-state index contributed by atoms with van der Waals surface area (Å²) in [7, 11) is 0. The van der Waals surface area contributed by atoms with Gasteiger partial charge in [-0.05, 0) is 55.0 Å². The average molecular weight is 277 g/mol. The molecular formula is C14H13ClN2O2. The highest BCUT2D eigenvalue weighted by molar-refractivity contribution is 6.31. The van der Waals surface area contributed by atoms with E-state index in [-0.39, 0.29) is 5.84 Å². The molecule has 98 valence electrons. The van der Waals surface area contributed by atoms with Crippen molar-refractivity contribution in [2.45, 2.75) is 6.92 Å². The molecular weight excluding hydrogens is 264 g/mol. The van der Waals surface area contributed by atoms with Crippen LogP contribution < -0.4 is 10.5 Å². The van der Waals surface area contributed by atoms with Crippen molar-refractivity contribution >= 4 is 17.4 Å². The fraction of sp³-hybridized carbons (Fsp3) is 0.0714. The van der Waals surface area contributed by atoms with E-state index in [1.54, 1.807) is 36.4 Å². The number of nitrogens with zero attached hydrogens (tertiary/aromatic N) is 1. The van der Waals surface area contributed by atoms with Crippen molar-refractivity contribution in [3.8, 4) is 11.5 Å². The van der Waals surface area contributed by atoms with Crippen LogP contribution in [0.5, 0.6) is 11.5 Å². The molecule has 0 unspecified atom stereocenters. The number of oxime groups is 1. The number of hydrogen-bond donors (Lipinski definition) is 2. The van der Waals surface area contributed by atoms with E-state index in [2.05, 4.69) is 5.16 Å². The summed E-state index contributed by atoms with van der Waals surface area (Å²) in [4.78, 5) is 0. The number of nitrogens with two attached hydrogens (primary N) is 1. The van der Waals surface area contributed by atoms with Gasteiger partial charge < -0.3 is 15.7 Å². The summed E-state index contributed by atoms with van der Waals surface area (Å²) in [6, 6.07) is 12.4. The number of rotatable bonds is 3. The second-order valence-corrected chi connectivity index (χ2v) is 4.43. The first kappa shape index (κ1) is 13.2. The Labute approximate surface area is 116 Å². The van der Waals surface area contributed by atoms with Crippen LogP contribution in [0, 0.1) is 6.92 Å². The molecule has 2 rings (SSSR count). The lowest BCUT2D eigenvalue weighted by Crippen LogP contribution is -2.12. The third-order valence-electron chi connectivity index (χ3n) is 2.62. The molecule has 0 aromatic heterocycles. The summed E-state index contributed by atoms with van der Waals surface area (Å²) in [5.41, 5.74) is 7.06. The standard InChI is InChI=1S/C14H13ClN2O2/c1-9-8-12(6-7-13(9)15)19-11-4-2-10(3-5-11)14(16)17-18/h2-8,18H,1H3,(H2,16,17). The van der Waals surface area contributed by atoms with Crippen LogP contribution in [0.1, 0.15) is 11.1 Å². The maximum atomic E-state index is 8.57. The predicted molar refractivity (Wildman–Crippen MR) is 75.2 cm³/mol. The van der Waals surface area contributed by atoms with E-state index >= 15 is 0 Å². The molecule has 5 heteroatoms. The van der Waals surface area contributed by atoms with Crippen molar-refractivity contribution in [1.29, 1.82) is 0 Å². The van der Waals surface area contributed by atoms with Crippen LogP contribution in [0.2, 0.25) is 5.02 Å². The van der Waals surface area contributed by atoms with Gasteiger partial charge in [-0.3, -0.25) is 0 Å². The Bertz CT molecular complexity index is 609. The van der Waals surface area contributed by atoms with Crippen LogP contribution in [0.15, 0.2) is 47.6 Å². The fourth-order valence-electron chi connectivity index (χ4n) is 1.57. The van der Waals surface area contributed by atoms with Crippen LogP contribution >= 0.6 is 11.6 Å². The van der Waals surface area contributed by atoms with Gasteiger partial charge in [-0.1, -0.05) is 16.8 Å². The maximum absolute atomic E-state index is 8.57. The molecule has 0 saturated heterocycles. The summed E-state index contributed by atoms with van der Waals surface area (Å²) in [6.07, 6.45) is 0. The molecule has 0 atom stereocenters. The molecule has 0 aliphatic rings. The van der Waals surface area contributed by atoms with E-state index in [1.165, 1.54) is 0 Å². The monoisotopic (exact) mass is 276 g/mol. The van der Waals surface area contributed by atoms with Gasteiger partial charge in [0.2, 0.25) is 0 Å². The third-order valence-corrected chi connectivity index (χ3v) is 3.05. The third kappa shape index (κ3) is 3.17. The quantitative estimate of drug-likeness (QED) is 0.390. The minimum Gasteiger partial charge on any atom is -0.457 e. The number of amidine groups is 1. The Morgan fingerprint density at radius 1 is 1.16 bits per heavy atom. The normalized spacial score (nSPS) is 11.4. The van der Waals surface area contributed by atoms with Crippen LogP contribution in [-0.4, -0.2) is 11.0 Å². The second kappa shape index (κ2) is 5.63. The molecule has 2 aromatic rings. The van der Waals surface area contributed by atoms with E-state index in [9.17, 15) is 0 Å². The summed E-state index contributed by atoms with van der Waals surface area (Å²) in [6.45, 7) is 1.91. The highest BCUT2D eigenvalue weighted by atomic mass is 35.5. The van der Waals surface area contributed by atoms with Crippen molar-refractivity contribution in [2.75, 3.05) is 0 Å². The van der Waals surface area contributed by atoms with E-state index < -0.39 is 0 Å². The first-order valence-electron chi connectivity index (χ1n) is 5.62. The molecule has 0 bridgehead atoms. The van der Waals surface area contributed by atoms with Gasteiger partial charge in [-0.25, -0.2) is 0 Å². The Morgan fingerprint density at radius 2 is 1.79 bits per heavy atom. The lowest BCUT2D eigenvalue weighted by molar-refractivity contribution is 0.318. The molecule has 0 heterocycles. The summed E-state index contributed by atoms with van der Waals surface area (Å²) < 4.78 is 5.68. The average Bonchev–Trinajstić information content (AvgIpc) is 2.43. The highest BCUT2D eigenvalue weighted by Gasteiger charge is 2.02. The summed E-state index contributed by atoms with van der Waals surface area (Å²) >= 11 is 5.95. The number of hydrogen-bond acceptors (Lipinski definition) is 3. The van der Waals surface area contributed by atoms with E-state index in [1.807, 2.05) is 13.0 Å². The molecule has 3 N–H and O–H groups in total. The van der Waals surface area contributed by atoms with Gasteiger partial charge in [0.05, 0.1) is 0 Å². The SMILES string of the molecule is Cc1cc(Oc2ccc(/C(N)=N/O)cc2)ccc1Cl. The molecule has 0 aliphatic heterocycles. The Morgan fingerprint density at radius 3 is 2.37 bits per heavy atom. The molecule has 0 aliphatic carbocycles. The lowest BCUT2D eigenvalue weighted by Gasteiger charge is -2.08. The molecule has 0 radical (unpaired) electrons. The zero-order valence-electron chi connectivity index (χ0n) is 10.3. The molecule has 0 saturated carbocycles. The number of halogens is 1. The summed E-state index contributed by atoms with van der Waals surface area (Å²) in [5, 5.41) is 12.2. The van der Waals surface area contributed by atoms with Crippen LogP contribution in [0.4, 0.5) is 0 Å². The topological polar surface area (TPSA) is 67.8 Å². The van der Waals surface area contributed by atoms with Gasteiger partial charge in [0, 0.05) is 10.6 Å². The zero-order valence-corrected chi connectivity index (χ0v) is 11.1. The van der Waals surface area contributed by atoms with Gasteiger partial charge >= 0.3 is 0 Å². The predicted octanol–water partition coefficient (Wildman–Crippen LogP) is 3.54. The van der Waals surface area contributed by atoms with Gasteiger partial charge in [-0.15, -0.1) is 0 Å². The van der Waals surface area contributed by atoms with E-state index in [0.29, 0.717) is 22.1 Å². The first-order valence-corrected chi connectivity index (χ1v) is 6.00. The molecule has 0 spiro atoms. The highest BCUT2D eigenvalue weighted by Crippen LogP contribution is 2.26. The molecule has 19 heavy (non-hydrogen) atoms. The van der Waals surface area contributed by atoms with Gasteiger partial charge in [0.1, 0.15) is 11.5 Å². The maximum Gasteiger partial charge on any atom is 0.170 e. The van der Waals surface area contributed by atoms with E-state index in [4.69, 9.17) is 27.3 Å². The second-order valence-electron chi connectivity index (χ2n) is 4.02. The zero-order chi connectivity index (χ0) is 13.8. The largest absolute Gasteiger partial charge is 0.457 e. The van der Waals surface area contributed by atoms with Crippen molar-refractivity contribution in [1.82, 2.24) is 0 Å². The first-order chi connectivity index (χ1) is 9.10. The minimum absolute atomic E-state index is 0.0638. The van der Waals surface area contributed by atoms with Crippen molar-refractivity contribution in [3.63, 3.8) is 0 Å². The number of ether oxygens (including phenoxy) is 1. The van der Waals surface area contributed by atoms with Gasteiger partial charge in [0.15, 0.2) is 5.84 Å². The molecule has 2 aromatic carbocycles. The Hall–Kier alpha value is -2.20. The summed E-state index contributed by atoms with van der Waals surface area (Å²) in [5.74, 6) is 1.43. The molecule has 0 fully saturated rings. The Kier molecular flexibility index (Phi) is 3.92. The van der Waals surface area contributed by atoms with Gasteiger partial charge in [-0.2, -0.15) is 0 Å². The minimum atomic E-state index is 0.0638. The van der Waals surface area contributed by atoms with Crippen LogP contribution in [0.3, 0.4) is 0 Å². The molecule has 4 nitrogen and oxygen atoms in total. The smallest absolute Gasteiger partial charge is 0.170 e. The van der Waals surface area contributed by atoms with Crippen molar-refractivity contribution in [3.05, 3.63) is 58.6 Å². The van der Waals surface area contributed by atoms with Crippen LogP contribution in [0.25, 0.3) is 0 Å². The number of aryl methyl sites for hydroxylation is 1. The Balaban J connectivity index is 2.17. The van der Waals surface area contributed by atoms with Crippen molar-refractivity contribution in [2.24, 2.45) is 10.9 Å². The molecule has 0 amide bonds. The van der Waals surface area contributed by atoms with E-state index in [0.717, 1.165) is 5.56 Å². The van der Waals surface area contributed by atoms with Crippen molar-refractivity contribution < 1.29 is 9.94 Å². The number of benzene rings is 2. The van der Waals surface area contributed by atoms with Gasteiger partial charge in [0.25, 0.3) is 0 Å². The van der Waals surface area contributed by atoms with Crippen LogP contribution in [-0.2, 0) is 0 Å². The fourth-order valence-corrected chi connectivity index (χ4v) is 1.69.